The maximum Gasteiger partial charge on any atom is 0.151 e. The van der Waals surface area contributed by atoms with E-state index in [0.29, 0.717) is 0 Å². The van der Waals surface area contributed by atoms with Gasteiger partial charge in [-0.1, -0.05) is 48.5 Å². The highest BCUT2D eigenvalue weighted by Gasteiger charge is 2.27. The van der Waals surface area contributed by atoms with Crippen molar-refractivity contribution < 1.29 is 9.47 Å². The molecule has 4 heterocycles. The fraction of sp³-hybridized carbons (Fsp3) is 0.240. The molecule has 0 atom stereocenters. The minimum absolute atomic E-state index is 0.878. The maximum absolute atomic E-state index is 6.48. The molecule has 6 nitrogen and oxygen atoms in total. The monoisotopic (exact) mass is 734 g/mol. The normalized spacial score (nSPS) is 16.2. The van der Waals surface area contributed by atoms with E-state index in [9.17, 15) is 0 Å². The van der Waals surface area contributed by atoms with E-state index in [1.54, 1.807) is 0 Å². The second kappa shape index (κ2) is 13.3. The predicted octanol–water partition coefficient (Wildman–Crippen LogP) is 13.1. The quantitative estimate of drug-likeness (QED) is 0.167. The third kappa shape index (κ3) is 5.37. The van der Waals surface area contributed by atoms with Crippen LogP contribution in [0.3, 0.4) is 0 Å². The van der Waals surface area contributed by atoms with Gasteiger partial charge in [-0.25, -0.2) is 0 Å². The lowest BCUT2D eigenvalue weighted by Gasteiger charge is -2.32. The van der Waals surface area contributed by atoms with Crippen LogP contribution in [0.1, 0.15) is 38.5 Å². The first-order valence-corrected chi connectivity index (χ1v) is 20.4. The molecule has 0 aromatic heterocycles. The summed E-state index contributed by atoms with van der Waals surface area (Å²) >= 11 is 0. The average molecular weight is 735 g/mol. The summed E-state index contributed by atoms with van der Waals surface area (Å²) in [6.07, 6.45) is 7.55. The largest absolute Gasteiger partial charge is 0.453 e. The lowest BCUT2D eigenvalue weighted by molar-refractivity contribution is 0.475. The molecule has 56 heavy (non-hydrogen) atoms. The SMILES string of the molecule is CN1c2ccccc2Oc2ccc(-c3c4ccc(N5CCCCC5)cc4c(-c4ccc5c(c4)N(C)c4ccccc4O5)c4ccc(N5CCCCC5)cc34)cc21. The molecule has 278 valence electrons. The summed E-state index contributed by atoms with van der Waals surface area (Å²) in [4.78, 5) is 9.72. The minimum atomic E-state index is 0.878. The highest BCUT2D eigenvalue weighted by Crippen LogP contribution is 2.52. The minimum Gasteiger partial charge on any atom is -0.453 e. The Labute approximate surface area is 329 Å². The fourth-order valence-corrected chi connectivity index (χ4v) is 9.70. The Kier molecular flexibility index (Phi) is 7.87. The molecule has 4 aliphatic heterocycles. The number of hydrogen-bond donors (Lipinski definition) is 0. The van der Waals surface area contributed by atoms with Gasteiger partial charge in [0.1, 0.15) is 0 Å². The van der Waals surface area contributed by atoms with Gasteiger partial charge >= 0.3 is 0 Å². The van der Waals surface area contributed by atoms with Gasteiger partial charge in [0.15, 0.2) is 23.0 Å². The van der Waals surface area contributed by atoms with Crippen molar-refractivity contribution in [2.24, 2.45) is 0 Å². The molecular weight excluding hydrogens is 689 g/mol. The number of piperidine rings is 2. The molecule has 0 radical (unpaired) electrons. The van der Waals surface area contributed by atoms with Gasteiger partial charge in [-0.2, -0.15) is 0 Å². The molecule has 0 N–H and O–H groups in total. The Balaban J connectivity index is 1.18. The van der Waals surface area contributed by atoms with E-state index >= 15 is 0 Å². The van der Waals surface area contributed by atoms with Gasteiger partial charge in [0, 0.05) is 51.6 Å². The third-order valence-corrected chi connectivity index (χ3v) is 12.6. The van der Waals surface area contributed by atoms with Crippen molar-refractivity contribution in [1.29, 1.82) is 0 Å². The molecule has 0 bridgehead atoms. The molecular formula is C50H46N4O2. The van der Waals surface area contributed by atoms with E-state index in [1.807, 2.05) is 24.3 Å². The first-order valence-electron chi connectivity index (χ1n) is 20.4. The Morgan fingerprint density at radius 1 is 0.375 bits per heavy atom. The van der Waals surface area contributed by atoms with Crippen LogP contribution >= 0.6 is 0 Å². The Morgan fingerprint density at radius 3 is 1.23 bits per heavy atom. The number of para-hydroxylation sites is 4. The molecule has 4 aliphatic rings. The van der Waals surface area contributed by atoms with Gasteiger partial charge < -0.3 is 29.1 Å². The standard InChI is InChI=1S/C50H46N4O2/c1-51-41-13-5-7-15-45(41)55-47-23-17-33(29-43(47)51)49-37-21-19-36(54-27-11-4-12-28-54)32-40(37)50(38-22-20-35(31-39(38)49)53-25-9-3-10-26-53)34-18-24-48-44(30-34)52(2)42-14-6-8-16-46(42)56-48/h5-8,13-24,29-32H,3-4,9-12,25-28H2,1-2H3. The highest BCUT2D eigenvalue weighted by molar-refractivity contribution is 6.22. The zero-order valence-corrected chi connectivity index (χ0v) is 32.2. The van der Waals surface area contributed by atoms with Gasteiger partial charge in [-0.15, -0.1) is 0 Å². The summed E-state index contributed by atoms with van der Waals surface area (Å²) in [5.74, 6) is 3.53. The molecule has 0 saturated carbocycles. The molecule has 0 spiro atoms. The van der Waals surface area contributed by atoms with Gasteiger partial charge in [0.25, 0.3) is 0 Å². The summed E-state index contributed by atoms with van der Waals surface area (Å²) in [5, 5.41) is 5.07. The van der Waals surface area contributed by atoms with Crippen LogP contribution in [0.25, 0.3) is 43.8 Å². The number of ether oxygens (including phenoxy) is 2. The van der Waals surface area contributed by atoms with Crippen molar-refractivity contribution in [2.45, 2.75) is 38.5 Å². The van der Waals surface area contributed by atoms with Crippen LogP contribution in [-0.2, 0) is 0 Å². The average Bonchev–Trinajstić information content (AvgIpc) is 3.26. The van der Waals surface area contributed by atoms with Crippen molar-refractivity contribution in [3.63, 3.8) is 0 Å². The number of anilines is 6. The molecule has 7 aromatic carbocycles. The van der Waals surface area contributed by atoms with E-state index < -0.39 is 0 Å². The lowest BCUT2D eigenvalue weighted by Crippen LogP contribution is -2.29. The third-order valence-electron chi connectivity index (χ3n) is 12.6. The number of hydrogen-bond acceptors (Lipinski definition) is 6. The zero-order valence-electron chi connectivity index (χ0n) is 32.2. The van der Waals surface area contributed by atoms with Crippen molar-refractivity contribution in [3.8, 4) is 45.3 Å². The van der Waals surface area contributed by atoms with Gasteiger partial charge in [0.05, 0.1) is 22.7 Å². The summed E-state index contributed by atoms with van der Waals surface area (Å²) in [6, 6.07) is 44.7. The van der Waals surface area contributed by atoms with Gasteiger partial charge in [0.2, 0.25) is 0 Å². The summed E-state index contributed by atoms with van der Waals surface area (Å²) in [6.45, 7) is 4.39. The molecule has 0 unspecified atom stereocenters. The van der Waals surface area contributed by atoms with E-state index in [4.69, 9.17) is 9.47 Å². The Morgan fingerprint density at radius 2 is 0.786 bits per heavy atom. The summed E-state index contributed by atoms with van der Waals surface area (Å²) in [5.41, 5.74) is 11.8. The smallest absolute Gasteiger partial charge is 0.151 e. The van der Waals surface area contributed by atoms with E-state index in [-0.39, 0.29) is 0 Å². The zero-order chi connectivity index (χ0) is 37.3. The Hall–Kier alpha value is -6.14. The highest BCUT2D eigenvalue weighted by atomic mass is 16.5. The fourth-order valence-electron chi connectivity index (χ4n) is 9.70. The van der Waals surface area contributed by atoms with Crippen LogP contribution in [0.15, 0.2) is 121 Å². The van der Waals surface area contributed by atoms with E-state index in [0.717, 1.165) is 71.9 Å². The van der Waals surface area contributed by atoms with Crippen LogP contribution < -0.4 is 29.1 Å². The van der Waals surface area contributed by atoms with E-state index in [2.05, 4.69) is 131 Å². The number of nitrogens with zero attached hydrogens (tertiary/aromatic N) is 4. The number of benzene rings is 7. The van der Waals surface area contributed by atoms with Crippen molar-refractivity contribution >= 4 is 55.7 Å². The first kappa shape index (κ1) is 33.2. The van der Waals surface area contributed by atoms with Crippen LogP contribution in [-0.4, -0.2) is 40.3 Å². The van der Waals surface area contributed by atoms with Crippen LogP contribution in [0, 0.1) is 0 Å². The first-order chi connectivity index (χ1) is 27.6. The molecule has 6 heteroatoms. The molecule has 2 fully saturated rings. The number of fused-ring (bicyclic) bond motifs is 6. The van der Waals surface area contributed by atoms with Gasteiger partial charge in [-0.3, -0.25) is 0 Å². The Bertz CT molecular complexity index is 2490. The van der Waals surface area contributed by atoms with Crippen LogP contribution in [0.4, 0.5) is 34.1 Å². The molecule has 0 amide bonds. The van der Waals surface area contributed by atoms with Crippen LogP contribution in [0.5, 0.6) is 23.0 Å². The molecule has 2 saturated heterocycles. The lowest BCUT2D eigenvalue weighted by atomic mass is 9.85. The molecule has 11 rings (SSSR count). The molecule has 0 aliphatic carbocycles. The topological polar surface area (TPSA) is 31.4 Å². The number of rotatable bonds is 4. The van der Waals surface area contributed by atoms with Crippen molar-refractivity contribution in [2.75, 3.05) is 59.9 Å². The second-order valence-corrected chi connectivity index (χ2v) is 15.9. The predicted molar refractivity (Wildman–Crippen MR) is 234 cm³/mol. The second-order valence-electron chi connectivity index (χ2n) is 15.9. The van der Waals surface area contributed by atoms with Crippen LogP contribution in [0.2, 0.25) is 0 Å². The van der Waals surface area contributed by atoms with Crippen molar-refractivity contribution in [3.05, 3.63) is 121 Å². The summed E-state index contributed by atoms with van der Waals surface area (Å²) < 4.78 is 13.0. The summed E-state index contributed by atoms with van der Waals surface area (Å²) in [7, 11) is 4.30. The van der Waals surface area contributed by atoms with Crippen molar-refractivity contribution in [1.82, 2.24) is 0 Å². The molecule has 7 aromatic rings. The van der Waals surface area contributed by atoms with Gasteiger partial charge in [-0.05, 0) is 155 Å². The van der Waals surface area contributed by atoms with E-state index in [1.165, 1.54) is 93.7 Å². The maximum atomic E-state index is 6.48.